The van der Waals surface area contributed by atoms with E-state index in [1.54, 1.807) is 6.92 Å². The Morgan fingerprint density at radius 1 is 0.903 bits per heavy atom. The third kappa shape index (κ3) is 15.4. The minimum absolute atomic E-state index is 0.0365. The van der Waals surface area contributed by atoms with Crippen molar-refractivity contribution in [3.8, 4) is 0 Å². The molecule has 0 aliphatic carbocycles. The van der Waals surface area contributed by atoms with E-state index in [2.05, 4.69) is 10.6 Å². The molecule has 7 nitrogen and oxygen atoms in total. The van der Waals surface area contributed by atoms with Gasteiger partial charge in [0.05, 0.1) is 25.2 Å². The number of nitrogens with one attached hydrogen (secondary N) is 2. The Bertz CT molecular complexity index is 556. The number of rotatable bonds is 17. The summed E-state index contributed by atoms with van der Waals surface area (Å²) < 4.78 is 11.5. The fourth-order valence-electron chi connectivity index (χ4n) is 3.24. The molecule has 184 valence electrons. The molecule has 0 aromatic rings. The van der Waals surface area contributed by atoms with Gasteiger partial charge in [-0.05, 0) is 39.5 Å². The number of hydrogen-bond donors (Lipinski definition) is 3. The van der Waals surface area contributed by atoms with Gasteiger partial charge in [0, 0.05) is 38.0 Å². The smallest absolute Gasteiger partial charge is 0.224 e. The number of ether oxygens (including phenoxy) is 2. The molecule has 0 saturated carbocycles. The van der Waals surface area contributed by atoms with E-state index in [9.17, 15) is 14.7 Å². The largest absolute Gasteiger partial charge is 0.380 e. The third-order valence-electron chi connectivity index (χ3n) is 5.09. The average Bonchev–Trinajstić information content (AvgIpc) is 2.58. The van der Waals surface area contributed by atoms with Crippen LogP contribution >= 0.6 is 0 Å². The van der Waals surface area contributed by atoms with E-state index < -0.39 is 5.72 Å². The summed E-state index contributed by atoms with van der Waals surface area (Å²) in [6.07, 6.45) is 1.74. The summed E-state index contributed by atoms with van der Waals surface area (Å²) in [5, 5.41) is 16.4. The number of aliphatic hydroxyl groups is 1. The summed E-state index contributed by atoms with van der Waals surface area (Å²) in [5.41, 5.74) is -2.03. The van der Waals surface area contributed by atoms with Crippen LogP contribution < -0.4 is 10.6 Å². The average molecular weight is 445 g/mol. The van der Waals surface area contributed by atoms with Gasteiger partial charge in [-0.1, -0.05) is 34.6 Å². The highest BCUT2D eigenvalue weighted by Gasteiger charge is 2.28. The molecule has 0 saturated heterocycles. The van der Waals surface area contributed by atoms with E-state index in [1.807, 2.05) is 55.4 Å². The summed E-state index contributed by atoms with van der Waals surface area (Å²) in [7, 11) is 0. The van der Waals surface area contributed by atoms with Crippen molar-refractivity contribution >= 4 is 11.7 Å². The lowest BCUT2D eigenvalue weighted by atomic mass is 9.87. The lowest BCUT2D eigenvalue weighted by Crippen LogP contribution is -2.48. The van der Waals surface area contributed by atoms with E-state index in [0.29, 0.717) is 45.8 Å². The Labute approximate surface area is 190 Å². The number of hydrogen-bond acceptors (Lipinski definition) is 6. The van der Waals surface area contributed by atoms with Gasteiger partial charge in [0.1, 0.15) is 11.5 Å². The Kier molecular flexibility index (Phi) is 12.5. The van der Waals surface area contributed by atoms with Gasteiger partial charge in [-0.2, -0.15) is 0 Å². The molecule has 3 N–H and O–H groups in total. The van der Waals surface area contributed by atoms with E-state index >= 15 is 0 Å². The molecule has 7 heteroatoms. The van der Waals surface area contributed by atoms with E-state index in [-0.39, 0.29) is 34.5 Å². The molecule has 1 atom stereocenters. The number of carbonyl (C=O) groups is 2. The van der Waals surface area contributed by atoms with Gasteiger partial charge < -0.3 is 19.9 Å². The lowest BCUT2D eigenvalue weighted by Gasteiger charge is -2.30. The van der Waals surface area contributed by atoms with Gasteiger partial charge in [0.25, 0.3) is 0 Å². The standard InChI is InChI=1S/C24H48N2O5/c1-10-19(27)14-21(3,4)17-30-18-22(5,6)16-25-20(28)15-24(9,29)26-13-12-23(7,8)31-11-2/h26,29H,10-18H2,1-9H3,(H,25,28). The lowest BCUT2D eigenvalue weighted by molar-refractivity contribution is -0.128. The molecule has 0 spiro atoms. The Balaban J connectivity index is 4.33. The first kappa shape index (κ1) is 30.0. The molecule has 0 rings (SSSR count). The molecule has 0 radical (unpaired) electrons. The van der Waals surface area contributed by atoms with Crippen molar-refractivity contribution in [3.63, 3.8) is 0 Å². The first-order chi connectivity index (χ1) is 14.0. The predicted molar refractivity (Wildman–Crippen MR) is 125 cm³/mol. The number of ketones is 1. The van der Waals surface area contributed by atoms with Crippen LogP contribution in [0, 0.1) is 10.8 Å². The molecule has 0 heterocycles. The Hall–Kier alpha value is -1.02. The summed E-state index contributed by atoms with van der Waals surface area (Å²) in [5.74, 6) is 0.0192. The van der Waals surface area contributed by atoms with Gasteiger partial charge in [-0.3, -0.25) is 14.9 Å². The third-order valence-corrected chi connectivity index (χ3v) is 5.09. The van der Waals surface area contributed by atoms with Crippen LogP contribution in [-0.2, 0) is 19.1 Å². The van der Waals surface area contributed by atoms with Crippen molar-refractivity contribution in [2.45, 2.75) is 99.3 Å². The molecule has 0 aliphatic rings. The second-order valence-corrected chi connectivity index (χ2v) is 11.0. The van der Waals surface area contributed by atoms with Crippen LogP contribution in [0.3, 0.4) is 0 Å². The van der Waals surface area contributed by atoms with Gasteiger partial charge >= 0.3 is 0 Å². The maximum Gasteiger partial charge on any atom is 0.224 e. The number of Topliss-reactive ketones (excluding diaryl/α,β-unsaturated/α-hetero) is 1. The highest BCUT2D eigenvalue weighted by Crippen LogP contribution is 2.24. The first-order valence-corrected chi connectivity index (χ1v) is 11.5. The molecule has 0 bridgehead atoms. The van der Waals surface area contributed by atoms with Crippen LogP contribution in [-0.4, -0.2) is 61.0 Å². The van der Waals surface area contributed by atoms with Gasteiger partial charge in [0.2, 0.25) is 5.91 Å². The highest BCUT2D eigenvalue weighted by molar-refractivity contribution is 5.78. The monoisotopic (exact) mass is 444 g/mol. The molecule has 31 heavy (non-hydrogen) atoms. The zero-order valence-electron chi connectivity index (χ0n) is 21.4. The molecule has 0 aromatic heterocycles. The summed E-state index contributed by atoms with van der Waals surface area (Å²) in [6, 6.07) is 0. The molecule has 1 amide bonds. The zero-order valence-corrected chi connectivity index (χ0v) is 21.4. The van der Waals surface area contributed by atoms with Crippen molar-refractivity contribution in [1.29, 1.82) is 0 Å². The molecular formula is C24H48N2O5. The quantitative estimate of drug-likeness (QED) is 0.297. The Morgan fingerprint density at radius 2 is 1.48 bits per heavy atom. The molecular weight excluding hydrogens is 396 g/mol. The van der Waals surface area contributed by atoms with Crippen LogP contribution in [0.15, 0.2) is 0 Å². The van der Waals surface area contributed by atoms with Crippen LogP contribution in [0.5, 0.6) is 0 Å². The van der Waals surface area contributed by atoms with Crippen LogP contribution in [0.25, 0.3) is 0 Å². The van der Waals surface area contributed by atoms with Crippen molar-refractivity contribution in [1.82, 2.24) is 10.6 Å². The second kappa shape index (κ2) is 12.9. The van der Waals surface area contributed by atoms with Crippen molar-refractivity contribution in [2.24, 2.45) is 10.8 Å². The summed E-state index contributed by atoms with van der Waals surface area (Å²) in [6.45, 7) is 20.1. The highest BCUT2D eigenvalue weighted by atomic mass is 16.5. The number of carbonyl (C=O) groups excluding carboxylic acids is 2. The fraction of sp³-hybridized carbons (Fsp3) is 0.917. The maximum atomic E-state index is 12.3. The topological polar surface area (TPSA) is 96.9 Å². The molecule has 0 aliphatic heterocycles. The van der Waals surface area contributed by atoms with Crippen molar-refractivity contribution in [2.75, 3.05) is 32.9 Å². The number of amides is 1. The van der Waals surface area contributed by atoms with E-state index in [1.165, 1.54) is 0 Å². The van der Waals surface area contributed by atoms with E-state index in [4.69, 9.17) is 9.47 Å². The molecule has 1 unspecified atom stereocenters. The van der Waals surface area contributed by atoms with Gasteiger partial charge in [-0.25, -0.2) is 0 Å². The minimum Gasteiger partial charge on any atom is -0.380 e. The first-order valence-electron chi connectivity index (χ1n) is 11.5. The van der Waals surface area contributed by atoms with Crippen LogP contribution in [0.2, 0.25) is 0 Å². The fourth-order valence-corrected chi connectivity index (χ4v) is 3.24. The predicted octanol–water partition coefficient (Wildman–Crippen LogP) is 3.43. The SMILES string of the molecule is CCOC(C)(C)CCNC(C)(O)CC(=O)NCC(C)(C)COCC(C)(C)CC(=O)CC. The normalized spacial score (nSPS) is 14.9. The van der Waals surface area contributed by atoms with Crippen LogP contribution in [0.4, 0.5) is 0 Å². The zero-order chi connectivity index (χ0) is 24.3. The maximum absolute atomic E-state index is 12.3. The van der Waals surface area contributed by atoms with Crippen LogP contribution in [0.1, 0.15) is 88.0 Å². The van der Waals surface area contributed by atoms with Crippen molar-refractivity contribution in [3.05, 3.63) is 0 Å². The van der Waals surface area contributed by atoms with E-state index in [0.717, 1.165) is 6.42 Å². The summed E-state index contributed by atoms with van der Waals surface area (Å²) in [4.78, 5) is 24.0. The summed E-state index contributed by atoms with van der Waals surface area (Å²) >= 11 is 0. The Morgan fingerprint density at radius 3 is 2.03 bits per heavy atom. The van der Waals surface area contributed by atoms with Gasteiger partial charge in [-0.15, -0.1) is 0 Å². The molecule has 0 aromatic carbocycles. The molecule has 0 fully saturated rings. The minimum atomic E-state index is -1.29. The second-order valence-electron chi connectivity index (χ2n) is 11.0. The van der Waals surface area contributed by atoms with Crippen molar-refractivity contribution < 1.29 is 24.2 Å². The van der Waals surface area contributed by atoms with Gasteiger partial charge in [0.15, 0.2) is 0 Å².